The molecule has 2 heterocycles. The number of nitrogens with one attached hydrogen (secondary N) is 1. The molecular weight excluding hydrogens is 250 g/mol. The minimum Gasteiger partial charge on any atom is -0.327 e. The molecule has 1 amide bonds. The molecule has 0 aliphatic heterocycles. The normalized spacial score (nSPS) is 13.8. The summed E-state index contributed by atoms with van der Waals surface area (Å²) in [5.74, 6) is -0.219. The molecule has 0 bridgehead atoms. The summed E-state index contributed by atoms with van der Waals surface area (Å²) >= 11 is 1.43. The number of nitrogens with zero attached hydrogens (tertiary/aromatic N) is 4. The number of carbonyl (C=O) groups excluding carboxylic acids is 1. The van der Waals surface area contributed by atoms with Crippen molar-refractivity contribution in [2.45, 2.75) is 6.04 Å². The van der Waals surface area contributed by atoms with Gasteiger partial charge in [-0.15, -0.1) is 11.3 Å². The van der Waals surface area contributed by atoms with Crippen LogP contribution in [0, 0.1) is 0 Å². The summed E-state index contributed by atoms with van der Waals surface area (Å²) in [5.41, 5.74) is 0.813. The van der Waals surface area contributed by atoms with Crippen molar-refractivity contribution < 1.29 is 4.79 Å². The zero-order chi connectivity index (χ0) is 13.1. The Morgan fingerprint density at radius 3 is 2.83 bits per heavy atom. The van der Waals surface area contributed by atoms with Crippen LogP contribution in [0.15, 0.2) is 29.0 Å². The predicted octanol–water partition coefficient (Wildman–Crippen LogP) is 0.208. The Morgan fingerprint density at radius 2 is 2.33 bits per heavy atom. The first kappa shape index (κ1) is 12.7. The maximum atomic E-state index is 12.1. The largest absolute Gasteiger partial charge is 0.327 e. The van der Waals surface area contributed by atoms with Crippen LogP contribution in [-0.4, -0.2) is 27.3 Å². The van der Waals surface area contributed by atoms with E-state index in [1.165, 1.54) is 11.3 Å². The maximum absolute atomic E-state index is 12.1. The Hall–Kier alpha value is -1.73. The molecule has 0 fully saturated rings. The van der Waals surface area contributed by atoms with Gasteiger partial charge in [-0.2, -0.15) is 10.1 Å². The Bertz CT molecular complexity index is 609. The first-order valence-electron chi connectivity index (χ1n) is 5.46. The fourth-order valence-electron chi connectivity index (χ4n) is 1.62. The Labute approximate surface area is 109 Å². The molecular formula is C11H15N5OS. The highest BCUT2D eigenvalue weighted by Gasteiger charge is 2.19. The fourth-order valence-corrected chi connectivity index (χ4v) is 2.35. The number of thiazole rings is 1. The van der Waals surface area contributed by atoms with Crippen LogP contribution in [0.1, 0.15) is 11.6 Å². The Morgan fingerprint density at radius 1 is 1.56 bits per heavy atom. The van der Waals surface area contributed by atoms with Gasteiger partial charge in [0, 0.05) is 37.4 Å². The molecule has 2 rings (SSSR count). The van der Waals surface area contributed by atoms with E-state index in [0.29, 0.717) is 4.80 Å². The molecule has 1 atom stereocenters. The third kappa shape index (κ3) is 2.57. The lowest BCUT2D eigenvalue weighted by molar-refractivity contribution is -0.120. The first-order chi connectivity index (χ1) is 8.61. The predicted molar refractivity (Wildman–Crippen MR) is 68.9 cm³/mol. The van der Waals surface area contributed by atoms with Crippen molar-refractivity contribution in [3.63, 3.8) is 0 Å². The topological polar surface area (TPSA) is 64.2 Å². The molecule has 0 spiro atoms. The smallest absolute Gasteiger partial charge is 0.270 e. The standard InChI is InChI=1S/C11H15N5OS/c1-12-9(8-6-13-16(3)7-8)10(17)14-11-15(2)4-5-18-11/h4-7,9,12H,1-3H3. The molecule has 0 aromatic carbocycles. The Balaban J connectivity index is 2.30. The highest BCUT2D eigenvalue weighted by molar-refractivity contribution is 7.07. The van der Waals surface area contributed by atoms with Gasteiger partial charge >= 0.3 is 0 Å². The van der Waals surface area contributed by atoms with Crippen molar-refractivity contribution in [3.05, 3.63) is 34.3 Å². The number of aryl methyl sites for hydroxylation is 2. The SMILES string of the molecule is CNC(C(=O)N=c1sccn1C)c1cnn(C)c1. The van der Waals surface area contributed by atoms with Crippen LogP contribution in [-0.2, 0) is 18.9 Å². The van der Waals surface area contributed by atoms with Gasteiger partial charge in [-0.05, 0) is 7.05 Å². The van der Waals surface area contributed by atoms with Gasteiger partial charge < -0.3 is 9.88 Å². The maximum Gasteiger partial charge on any atom is 0.270 e. The van der Waals surface area contributed by atoms with Crippen molar-refractivity contribution >= 4 is 17.2 Å². The molecule has 1 unspecified atom stereocenters. The number of aromatic nitrogens is 3. The molecule has 1 N–H and O–H groups in total. The molecule has 2 aromatic rings. The molecule has 0 aliphatic carbocycles. The van der Waals surface area contributed by atoms with E-state index in [0.717, 1.165) is 5.56 Å². The fraction of sp³-hybridized carbons (Fsp3) is 0.364. The van der Waals surface area contributed by atoms with Crippen LogP contribution in [0.3, 0.4) is 0 Å². The van der Waals surface area contributed by atoms with Crippen LogP contribution >= 0.6 is 11.3 Å². The van der Waals surface area contributed by atoms with Gasteiger partial charge in [0.25, 0.3) is 5.91 Å². The second kappa shape index (κ2) is 5.28. The lowest BCUT2D eigenvalue weighted by atomic mass is 10.1. The number of hydrogen-bond donors (Lipinski definition) is 1. The molecule has 0 saturated carbocycles. The molecule has 0 radical (unpaired) electrons. The lowest BCUT2D eigenvalue weighted by Crippen LogP contribution is -2.26. The quantitative estimate of drug-likeness (QED) is 0.862. The van der Waals surface area contributed by atoms with Gasteiger partial charge in [0.2, 0.25) is 0 Å². The molecule has 6 nitrogen and oxygen atoms in total. The zero-order valence-electron chi connectivity index (χ0n) is 10.5. The average molecular weight is 265 g/mol. The number of amides is 1. The van der Waals surface area contributed by atoms with Crippen LogP contribution in [0.5, 0.6) is 0 Å². The number of carbonyl (C=O) groups is 1. The minimum atomic E-state index is -0.458. The summed E-state index contributed by atoms with van der Waals surface area (Å²) in [4.78, 5) is 16.9. The van der Waals surface area contributed by atoms with E-state index in [1.54, 1.807) is 17.9 Å². The third-order valence-electron chi connectivity index (χ3n) is 2.56. The monoisotopic (exact) mass is 265 g/mol. The van der Waals surface area contributed by atoms with Crippen molar-refractivity contribution in [2.75, 3.05) is 7.05 Å². The van der Waals surface area contributed by atoms with E-state index >= 15 is 0 Å². The van der Waals surface area contributed by atoms with Crippen LogP contribution in [0.25, 0.3) is 0 Å². The molecule has 18 heavy (non-hydrogen) atoms. The highest BCUT2D eigenvalue weighted by atomic mass is 32.1. The van der Waals surface area contributed by atoms with Crippen LogP contribution in [0.2, 0.25) is 0 Å². The van der Waals surface area contributed by atoms with E-state index in [1.807, 2.05) is 36.4 Å². The van der Waals surface area contributed by atoms with Crippen molar-refractivity contribution in [3.8, 4) is 0 Å². The summed E-state index contributed by atoms with van der Waals surface area (Å²) in [6.07, 6.45) is 5.35. The zero-order valence-corrected chi connectivity index (χ0v) is 11.3. The molecule has 7 heteroatoms. The minimum absolute atomic E-state index is 0.219. The summed E-state index contributed by atoms with van der Waals surface area (Å²) in [6, 6.07) is -0.458. The van der Waals surface area contributed by atoms with Gasteiger partial charge in [0.1, 0.15) is 6.04 Å². The van der Waals surface area contributed by atoms with Crippen molar-refractivity contribution in [2.24, 2.45) is 19.1 Å². The van der Waals surface area contributed by atoms with E-state index in [2.05, 4.69) is 15.4 Å². The summed E-state index contributed by atoms with van der Waals surface area (Å²) < 4.78 is 3.48. The van der Waals surface area contributed by atoms with Gasteiger partial charge in [-0.25, -0.2) is 0 Å². The van der Waals surface area contributed by atoms with Crippen LogP contribution in [0.4, 0.5) is 0 Å². The highest BCUT2D eigenvalue weighted by Crippen LogP contribution is 2.12. The number of likely N-dealkylation sites (N-methyl/N-ethyl adjacent to an activating group) is 1. The number of hydrogen-bond acceptors (Lipinski definition) is 4. The van der Waals surface area contributed by atoms with Crippen molar-refractivity contribution in [1.29, 1.82) is 0 Å². The molecule has 0 saturated heterocycles. The van der Waals surface area contributed by atoms with Crippen LogP contribution < -0.4 is 10.1 Å². The number of rotatable bonds is 3. The van der Waals surface area contributed by atoms with E-state index in [9.17, 15) is 4.79 Å². The van der Waals surface area contributed by atoms with Gasteiger partial charge in [0.15, 0.2) is 4.80 Å². The Kier molecular flexibility index (Phi) is 3.73. The second-order valence-corrected chi connectivity index (χ2v) is 4.79. The second-order valence-electron chi connectivity index (χ2n) is 3.92. The van der Waals surface area contributed by atoms with E-state index in [-0.39, 0.29) is 5.91 Å². The molecule has 0 aliphatic rings. The van der Waals surface area contributed by atoms with E-state index < -0.39 is 6.04 Å². The van der Waals surface area contributed by atoms with Crippen molar-refractivity contribution in [1.82, 2.24) is 19.7 Å². The first-order valence-corrected chi connectivity index (χ1v) is 6.34. The van der Waals surface area contributed by atoms with E-state index in [4.69, 9.17) is 0 Å². The van der Waals surface area contributed by atoms with Gasteiger partial charge in [-0.3, -0.25) is 9.48 Å². The average Bonchev–Trinajstić information content (AvgIpc) is 2.91. The molecule has 2 aromatic heterocycles. The van der Waals surface area contributed by atoms with Gasteiger partial charge in [-0.1, -0.05) is 0 Å². The summed E-state index contributed by atoms with van der Waals surface area (Å²) in [7, 11) is 5.41. The lowest BCUT2D eigenvalue weighted by Gasteiger charge is -2.09. The third-order valence-corrected chi connectivity index (χ3v) is 3.41. The summed E-state index contributed by atoms with van der Waals surface area (Å²) in [5, 5.41) is 8.92. The summed E-state index contributed by atoms with van der Waals surface area (Å²) in [6.45, 7) is 0. The molecule has 96 valence electrons. The van der Waals surface area contributed by atoms with Gasteiger partial charge in [0.05, 0.1) is 6.20 Å².